The summed E-state index contributed by atoms with van der Waals surface area (Å²) in [7, 11) is 1.34. The van der Waals surface area contributed by atoms with E-state index in [2.05, 4.69) is 9.72 Å². The molecule has 0 aliphatic carbocycles. The van der Waals surface area contributed by atoms with E-state index in [4.69, 9.17) is 5.73 Å². The first-order valence-electron chi connectivity index (χ1n) is 3.45. The van der Waals surface area contributed by atoms with Gasteiger partial charge in [0.2, 0.25) is 0 Å². The van der Waals surface area contributed by atoms with Gasteiger partial charge in [-0.05, 0) is 0 Å². The fraction of sp³-hybridized carbons (Fsp3) is 0.429. The van der Waals surface area contributed by atoms with Gasteiger partial charge in [0.25, 0.3) is 0 Å². The number of carbonyl (C=O) groups is 1. The predicted molar refractivity (Wildman–Crippen MR) is 45.9 cm³/mol. The van der Waals surface area contributed by atoms with Gasteiger partial charge in [-0.2, -0.15) is 0 Å². The van der Waals surface area contributed by atoms with Gasteiger partial charge in [-0.15, -0.1) is 11.3 Å². The SMILES string of the molecule is COC(=O)C(CN)c1cscn1. The Bertz CT molecular complexity index is 248. The zero-order chi connectivity index (χ0) is 8.97. The minimum absolute atomic E-state index is 0.233. The average Bonchev–Trinajstić information content (AvgIpc) is 2.58. The van der Waals surface area contributed by atoms with Crippen LogP contribution in [-0.4, -0.2) is 24.6 Å². The normalized spacial score (nSPS) is 12.5. The molecule has 12 heavy (non-hydrogen) atoms. The molecule has 0 fully saturated rings. The minimum Gasteiger partial charge on any atom is -0.468 e. The summed E-state index contributed by atoms with van der Waals surface area (Å²) < 4.78 is 4.57. The van der Waals surface area contributed by atoms with Gasteiger partial charge >= 0.3 is 5.97 Å². The van der Waals surface area contributed by atoms with Crippen LogP contribution in [0.15, 0.2) is 10.9 Å². The van der Waals surface area contributed by atoms with Crippen molar-refractivity contribution >= 4 is 17.3 Å². The molecule has 1 heterocycles. The molecule has 1 aromatic rings. The van der Waals surface area contributed by atoms with Gasteiger partial charge in [0.05, 0.1) is 18.3 Å². The van der Waals surface area contributed by atoms with Crippen molar-refractivity contribution in [2.45, 2.75) is 5.92 Å². The number of methoxy groups -OCH3 is 1. The number of esters is 1. The quantitative estimate of drug-likeness (QED) is 0.692. The number of nitrogens with two attached hydrogens (primary N) is 1. The molecule has 66 valence electrons. The summed E-state index contributed by atoms with van der Waals surface area (Å²) in [5.74, 6) is -0.746. The molecule has 1 rings (SSSR count). The summed E-state index contributed by atoms with van der Waals surface area (Å²) in [6.07, 6.45) is 0. The van der Waals surface area contributed by atoms with Crippen molar-refractivity contribution in [3.63, 3.8) is 0 Å². The zero-order valence-electron chi connectivity index (χ0n) is 6.69. The van der Waals surface area contributed by atoms with Gasteiger partial charge in [-0.3, -0.25) is 4.79 Å². The number of ether oxygens (including phenoxy) is 1. The number of nitrogens with zero attached hydrogens (tertiary/aromatic N) is 1. The van der Waals surface area contributed by atoms with Gasteiger partial charge in [-0.1, -0.05) is 0 Å². The highest BCUT2D eigenvalue weighted by Crippen LogP contribution is 2.15. The van der Waals surface area contributed by atoms with Crippen molar-refractivity contribution in [2.24, 2.45) is 5.73 Å². The van der Waals surface area contributed by atoms with Crippen LogP contribution in [0.2, 0.25) is 0 Å². The van der Waals surface area contributed by atoms with Crippen molar-refractivity contribution in [3.8, 4) is 0 Å². The molecule has 0 saturated heterocycles. The second-order valence-corrected chi connectivity index (χ2v) is 2.94. The molecule has 1 unspecified atom stereocenters. The molecule has 1 atom stereocenters. The average molecular weight is 186 g/mol. The fourth-order valence-electron chi connectivity index (χ4n) is 0.874. The summed E-state index contributed by atoms with van der Waals surface area (Å²) >= 11 is 1.44. The molecule has 0 aliphatic rings. The second-order valence-electron chi connectivity index (χ2n) is 2.22. The Morgan fingerprint density at radius 2 is 2.67 bits per heavy atom. The van der Waals surface area contributed by atoms with E-state index < -0.39 is 5.92 Å². The topological polar surface area (TPSA) is 65.2 Å². The van der Waals surface area contributed by atoms with Crippen molar-refractivity contribution in [1.29, 1.82) is 0 Å². The number of carbonyl (C=O) groups excluding carboxylic acids is 1. The van der Waals surface area contributed by atoms with Crippen LogP contribution in [0.5, 0.6) is 0 Å². The summed E-state index contributed by atoms with van der Waals surface area (Å²) in [6.45, 7) is 0.233. The van der Waals surface area contributed by atoms with Gasteiger partial charge < -0.3 is 10.5 Å². The number of rotatable bonds is 3. The molecular weight excluding hydrogens is 176 g/mol. The largest absolute Gasteiger partial charge is 0.468 e. The Balaban J connectivity index is 2.76. The molecule has 2 N–H and O–H groups in total. The Kier molecular flexibility index (Phi) is 3.19. The standard InChI is InChI=1S/C7H10N2O2S/c1-11-7(10)5(2-8)6-3-12-4-9-6/h3-5H,2,8H2,1H3. The molecule has 0 aliphatic heterocycles. The third kappa shape index (κ3) is 1.80. The fourth-order valence-corrected chi connectivity index (χ4v) is 1.48. The van der Waals surface area contributed by atoms with Crippen molar-refractivity contribution in [3.05, 3.63) is 16.6 Å². The number of hydrogen-bond acceptors (Lipinski definition) is 5. The number of hydrogen-bond donors (Lipinski definition) is 1. The van der Waals surface area contributed by atoms with Crippen LogP contribution in [0.1, 0.15) is 11.6 Å². The van der Waals surface area contributed by atoms with E-state index in [0.29, 0.717) is 5.69 Å². The van der Waals surface area contributed by atoms with Crippen LogP contribution in [0, 0.1) is 0 Å². The Morgan fingerprint density at radius 1 is 1.92 bits per heavy atom. The Morgan fingerprint density at radius 3 is 3.08 bits per heavy atom. The first-order valence-corrected chi connectivity index (χ1v) is 4.40. The third-order valence-electron chi connectivity index (χ3n) is 1.53. The van der Waals surface area contributed by atoms with E-state index in [1.165, 1.54) is 18.4 Å². The third-order valence-corrected chi connectivity index (χ3v) is 2.13. The highest BCUT2D eigenvalue weighted by Gasteiger charge is 2.20. The number of thiazole rings is 1. The highest BCUT2D eigenvalue weighted by atomic mass is 32.1. The van der Waals surface area contributed by atoms with E-state index in [9.17, 15) is 4.79 Å². The van der Waals surface area contributed by atoms with E-state index in [-0.39, 0.29) is 12.5 Å². The maximum atomic E-state index is 11.1. The molecule has 0 saturated carbocycles. The van der Waals surface area contributed by atoms with Gasteiger partial charge in [0.15, 0.2) is 0 Å². The Labute approximate surface area is 74.4 Å². The maximum Gasteiger partial charge on any atom is 0.316 e. The molecule has 0 spiro atoms. The van der Waals surface area contributed by atoms with Gasteiger partial charge in [0, 0.05) is 11.9 Å². The highest BCUT2D eigenvalue weighted by molar-refractivity contribution is 7.07. The van der Waals surface area contributed by atoms with Gasteiger partial charge in [-0.25, -0.2) is 4.98 Å². The molecule has 0 bridgehead atoms. The lowest BCUT2D eigenvalue weighted by molar-refractivity contribution is -0.142. The lowest BCUT2D eigenvalue weighted by Gasteiger charge is -2.08. The van der Waals surface area contributed by atoms with Crippen molar-refractivity contribution in [1.82, 2.24) is 4.98 Å². The summed E-state index contributed by atoms with van der Waals surface area (Å²) in [6, 6.07) is 0. The van der Waals surface area contributed by atoms with E-state index in [0.717, 1.165) is 0 Å². The Hall–Kier alpha value is -0.940. The molecule has 1 aromatic heterocycles. The monoisotopic (exact) mass is 186 g/mol. The molecule has 0 aromatic carbocycles. The van der Waals surface area contributed by atoms with Gasteiger partial charge in [0.1, 0.15) is 5.92 Å². The molecule has 5 heteroatoms. The lowest BCUT2D eigenvalue weighted by atomic mass is 10.1. The zero-order valence-corrected chi connectivity index (χ0v) is 7.50. The summed E-state index contributed by atoms with van der Waals surface area (Å²) in [5.41, 5.74) is 7.76. The molecule has 0 amide bonds. The van der Waals surface area contributed by atoms with Crippen LogP contribution < -0.4 is 5.73 Å². The van der Waals surface area contributed by atoms with Crippen LogP contribution >= 0.6 is 11.3 Å². The predicted octanol–water partition coefficient (Wildman–Crippen LogP) is 0.358. The van der Waals surface area contributed by atoms with E-state index in [1.54, 1.807) is 10.9 Å². The van der Waals surface area contributed by atoms with Crippen molar-refractivity contribution in [2.75, 3.05) is 13.7 Å². The van der Waals surface area contributed by atoms with Crippen LogP contribution in [0.25, 0.3) is 0 Å². The van der Waals surface area contributed by atoms with Crippen LogP contribution in [-0.2, 0) is 9.53 Å². The maximum absolute atomic E-state index is 11.1. The number of aromatic nitrogens is 1. The van der Waals surface area contributed by atoms with E-state index in [1.807, 2.05) is 0 Å². The smallest absolute Gasteiger partial charge is 0.316 e. The first kappa shape index (κ1) is 9.15. The first-order chi connectivity index (χ1) is 5.79. The summed E-state index contributed by atoms with van der Waals surface area (Å²) in [4.78, 5) is 15.1. The van der Waals surface area contributed by atoms with E-state index >= 15 is 0 Å². The lowest BCUT2D eigenvalue weighted by Crippen LogP contribution is -2.22. The molecular formula is C7H10N2O2S. The molecule has 4 nitrogen and oxygen atoms in total. The summed E-state index contributed by atoms with van der Waals surface area (Å²) in [5, 5.41) is 1.80. The second kappa shape index (κ2) is 4.18. The van der Waals surface area contributed by atoms with Crippen molar-refractivity contribution < 1.29 is 9.53 Å². The molecule has 0 radical (unpaired) electrons. The van der Waals surface area contributed by atoms with Crippen LogP contribution in [0.4, 0.5) is 0 Å². The van der Waals surface area contributed by atoms with Crippen LogP contribution in [0.3, 0.4) is 0 Å². The minimum atomic E-state index is -0.416.